The second-order valence-corrected chi connectivity index (χ2v) is 3.05. The van der Waals surface area contributed by atoms with Crippen LogP contribution in [0.3, 0.4) is 0 Å². The number of benzene rings is 1. The van der Waals surface area contributed by atoms with E-state index in [1.165, 1.54) is 0 Å². The van der Waals surface area contributed by atoms with E-state index in [1.807, 2.05) is 12.1 Å². The van der Waals surface area contributed by atoms with Crippen LogP contribution in [0.4, 0.5) is 0 Å². The third-order valence-corrected chi connectivity index (χ3v) is 2.48. The van der Waals surface area contributed by atoms with Gasteiger partial charge in [0, 0.05) is 0 Å². The average molecular weight is 219 g/mol. The maximum Gasteiger partial charge on any atom is 1.00 e. The van der Waals surface area contributed by atoms with Crippen molar-refractivity contribution in [2.24, 2.45) is 0 Å². The van der Waals surface area contributed by atoms with Crippen molar-refractivity contribution in [3.63, 3.8) is 0 Å². The molecule has 50 valence electrons. The molecule has 0 heterocycles. The Balaban J connectivity index is 0. The predicted octanol–water partition coefficient (Wildman–Crippen LogP) is -0.390. The summed E-state index contributed by atoms with van der Waals surface area (Å²) in [5.74, 6) is 0. The van der Waals surface area contributed by atoms with E-state index >= 15 is 0 Å². The molecular formula is C6H6Cl2KP. The van der Waals surface area contributed by atoms with Gasteiger partial charge in [0.15, 0.2) is 0 Å². The van der Waals surface area contributed by atoms with Crippen molar-refractivity contribution < 1.29 is 52.8 Å². The summed E-state index contributed by atoms with van der Waals surface area (Å²) in [5.41, 5.74) is 0. The molecule has 0 radical (unpaired) electrons. The van der Waals surface area contributed by atoms with Crippen LogP contribution < -0.4 is 56.7 Å². The van der Waals surface area contributed by atoms with Crippen LogP contribution in [0.2, 0.25) is 10.0 Å². The van der Waals surface area contributed by atoms with E-state index in [-0.39, 0.29) is 52.8 Å². The third-order valence-electron chi connectivity index (χ3n) is 0.981. The molecule has 1 atom stereocenters. The number of halogens is 2. The fourth-order valence-corrected chi connectivity index (χ4v) is 1.19. The van der Waals surface area contributed by atoms with Gasteiger partial charge in [-0.15, -0.1) is 9.24 Å². The quantitative estimate of drug-likeness (QED) is 0.412. The van der Waals surface area contributed by atoms with Crippen molar-refractivity contribution in [1.29, 1.82) is 0 Å². The number of hydrogen-bond acceptors (Lipinski definition) is 0. The fourth-order valence-electron chi connectivity index (χ4n) is 0.520. The van der Waals surface area contributed by atoms with Crippen LogP contribution in [0.15, 0.2) is 18.2 Å². The molecule has 4 heteroatoms. The van der Waals surface area contributed by atoms with Crippen LogP contribution >= 0.6 is 32.4 Å². The average Bonchev–Trinajstić information content (AvgIpc) is 1.83. The Bertz CT molecular complexity index is 212. The van der Waals surface area contributed by atoms with Crippen molar-refractivity contribution in [2.45, 2.75) is 0 Å². The van der Waals surface area contributed by atoms with Crippen molar-refractivity contribution in [3.8, 4) is 0 Å². The summed E-state index contributed by atoms with van der Waals surface area (Å²) in [6, 6.07) is 5.51. The smallest absolute Gasteiger partial charge is 1.00 e. The molecule has 0 aliphatic carbocycles. The first-order valence-electron chi connectivity index (χ1n) is 2.41. The molecule has 0 N–H and O–H groups in total. The molecule has 0 fully saturated rings. The molecule has 0 saturated heterocycles. The Morgan fingerprint density at radius 2 is 1.90 bits per heavy atom. The number of hydrogen-bond donors (Lipinski definition) is 0. The largest absolute Gasteiger partial charge is 1.00 e. The van der Waals surface area contributed by atoms with Crippen LogP contribution in [-0.4, -0.2) is 0 Å². The zero-order chi connectivity index (χ0) is 6.85. The Morgan fingerprint density at radius 1 is 1.30 bits per heavy atom. The molecule has 0 aromatic heterocycles. The summed E-state index contributed by atoms with van der Waals surface area (Å²) in [6.07, 6.45) is 0. The summed E-state index contributed by atoms with van der Waals surface area (Å²) in [7, 11) is 2.50. The molecule has 0 amide bonds. The van der Waals surface area contributed by atoms with Gasteiger partial charge in [-0.1, -0.05) is 35.3 Å². The second kappa shape index (κ2) is 5.50. The molecule has 0 nitrogen and oxygen atoms in total. The Morgan fingerprint density at radius 3 is 2.30 bits per heavy atom. The fraction of sp³-hybridized carbons (Fsp3) is 0. The summed E-state index contributed by atoms with van der Waals surface area (Å²) < 4.78 is 0. The SMILES string of the molecule is Pc1cccc(Cl)c1Cl.[H-].[K+]. The van der Waals surface area contributed by atoms with Crippen LogP contribution in [-0.2, 0) is 0 Å². The normalized spacial score (nSPS) is 8.70. The second-order valence-electron chi connectivity index (χ2n) is 1.64. The molecule has 0 aliphatic rings. The van der Waals surface area contributed by atoms with Gasteiger partial charge >= 0.3 is 51.4 Å². The van der Waals surface area contributed by atoms with E-state index in [0.29, 0.717) is 10.0 Å². The molecule has 1 unspecified atom stereocenters. The van der Waals surface area contributed by atoms with E-state index in [2.05, 4.69) is 9.24 Å². The van der Waals surface area contributed by atoms with Gasteiger partial charge in [-0.05, 0) is 11.4 Å². The molecule has 1 aromatic carbocycles. The Kier molecular flexibility index (Phi) is 6.53. The Labute approximate surface area is 117 Å². The summed E-state index contributed by atoms with van der Waals surface area (Å²) in [6.45, 7) is 0. The van der Waals surface area contributed by atoms with Crippen LogP contribution in [0.1, 0.15) is 1.43 Å². The molecule has 0 bridgehead atoms. The molecule has 1 rings (SSSR count). The van der Waals surface area contributed by atoms with Crippen LogP contribution in [0.25, 0.3) is 0 Å². The zero-order valence-corrected chi connectivity index (χ0v) is 11.4. The van der Waals surface area contributed by atoms with Gasteiger partial charge in [-0.25, -0.2) is 0 Å². The van der Waals surface area contributed by atoms with Gasteiger partial charge in [0.25, 0.3) is 0 Å². The predicted molar refractivity (Wildman–Crippen MR) is 46.9 cm³/mol. The summed E-state index contributed by atoms with van der Waals surface area (Å²) in [4.78, 5) is 0. The molecule has 0 spiro atoms. The van der Waals surface area contributed by atoms with Crippen molar-refractivity contribution in [3.05, 3.63) is 28.2 Å². The first kappa shape index (κ1) is 11.9. The maximum atomic E-state index is 5.72. The van der Waals surface area contributed by atoms with Gasteiger partial charge in [0.1, 0.15) is 0 Å². The monoisotopic (exact) mass is 218 g/mol. The van der Waals surface area contributed by atoms with Gasteiger partial charge in [-0.3, -0.25) is 0 Å². The van der Waals surface area contributed by atoms with E-state index in [0.717, 1.165) is 5.30 Å². The molecular weight excluding hydrogens is 213 g/mol. The molecule has 10 heavy (non-hydrogen) atoms. The summed E-state index contributed by atoms with van der Waals surface area (Å²) >= 11 is 11.4. The molecule has 0 saturated carbocycles. The minimum Gasteiger partial charge on any atom is -1.00 e. The number of rotatable bonds is 0. The van der Waals surface area contributed by atoms with Crippen LogP contribution in [0.5, 0.6) is 0 Å². The standard InChI is InChI=1S/C6H5Cl2P.K.H/c7-4-2-1-3-5(9)6(4)8;;/h1-3H,9H2;;/q;+1;-1. The molecule has 0 aliphatic heterocycles. The van der Waals surface area contributed by atoms with Gasteiger partial charge in [0.05, 0.1) is 10.0 Å². The van der Waals surface area contributed by atoms with E-state index < -0.39 is 0 Å². The minimum absolute atomic E-state index is 0. The first-order chi connectivity index (χ1) is 4.22. The topological polar surface area (TPSA) is 0 Å². The maximum absolute atomic E-state index is 5.72. The van der Waals surface area contributed by atoms with Gasteiger partial charge in [0.2, 0.25) is 0 Å². The van der Waals surface area contributed by atoms with E-state index in [1.54, 1.807) is 6.07 Å². The van der Waals surface area contributed by atoms with E-state index in [9.17, 15) is 0 Å². The summed E-state index contributed by atoms with van der Waals surface area (Å²) in [5, 5.41) is 2.15. The minimum atomic E-state index is 0. The first-order valence-corrected chi connectivity index (χ1v) is 3.74. The van der Waals surface area contributed by atoms with Crippen molar-refractivity contribution in [1.82, 2.24) is 0 Å². The van der Waals surface area contributed by atoms with E-state index in [4.69, 9.17) is 23.2 Å². The Hall–Kier alpha value is 1.87. The zero-order valence-electron chi connectivity index (χ0n) is 6.57. The van der Waals surface area contributed by atoms with Crippen molar-refractivity contribution in [2.75, 3.05) is 0 Å². The van der Waals surface area contributed by atoms with Gasteiger partial charge < -0.3 is 1.43 Å². The van der Waals surface area contributed by atoms with Gasteiger partial charge in [-0.2, -0.15) is 0 Å². The molecule has 1 aromatic rings. The van der Waals surface area contributed by atoms with Crippen LogP contribution in [0, 0.1) is 0 Å². The third kappa shape index (κ3) is 3.08. The van der Waals surface area contributed by atoms with Crippen molar-refractivity contribution >= 4 is 37.7 Å².